The van der Waals surface area contributed by atoms with Crippen molar-refractivity contribution in [3.8, 4) is 11.5 Å². The first-order valence-corrected chi connectivity index (χ1v) is 13.4. The zero-order chi connectivity index (χ0) is 29.3. The summed E-state index contributed by atoms with van der Waals surface area (Å²) in [6.45, 7) is -0.0884. The number of nitrogens with zero attached hydrogens (tertiary/aromatic N) is 3. The molecule has 11 heteroatoms. The average Bonchev–Trinajstić information content (AvgIpc) is 3.59. The smallest absolute Gasteiger partial charge is 0.349 e. The number of rotatable bonds is 9. The number of nitrogens with one attached hydrogen (secondary N) is 1. The Morgan fingerprint density at radius 3 is 2.07 bits per heavy atom. The molecule has 0 spiro atoms. The molecule has 3 aromatic carbocycles. The summed E-state index contributed by atoms with van der Waals surface area (Å²) >= 11 is 0. The van der Waals surface area contributed by atoms with Crippen LogP contribution in [0.5, 0.6) is 11.5 Å². The second-order valence-corrected chi connectivity index (χ2v) is 9.93. The number of aliphatic hydroxyl groups excluding tert-OH is 2. The van der Waals surface area contributed by atoms with E-state index in [2.05, 4.69) is 15.1 Å². The van der Waals surface area contributed by atoms with Gasteiger partial charge in [-0.3, -0.25) is 4.98 Å². The van der Waals surface area contributed by atoms with Crippen LogP contribution in [-0.4, -0.2) is 68.9 Å². The normalized spacial score (nSPS) is 20.6. The number of ether oxygens (including phenoxy) is 4. The van der Waals surface area contributed by atoms with Crippen molar-refractivity contribution in [3.05, 3.63) is 124 Å². The highest BCUT2D eigenvalue weighted by Gasteiger charge is 2.47. The quantitative estimate of drug-likeness (QED) is 0.228. The van der Waals surface area contributed by atoms with E-state index in [0.717, 1.165) is 21.2 Å². The van der Waals surface area contributed by atoms with Gasteiger partial charge in [0.1, 0.15) is 41.5 Å². The molecule has 1 aliphatic heterocycles. The van der Waals surface area contributed by atoms with Gasteiger partial charge in [0.05, 0.1) is 33.4 Å². The maximum atomic E-state index is 12.1. The predicted molar refractivity (Wildman–Crippen MR) is 151 cm³/mol. The Hall–Kier alpha value is -4.55. The molecular formula is C31H30N4O7. The van der Waals surface area contributed by atoms with Crippen LogP contribution in [0.1, 0.15) is 28.4 Å². The van der Waals surface area contributed by atoms with E-state index in [1.165, 1.54) is 12.5 Å². The molecule has 0 amide bonds. The molecule has 11 nitrogen and oxygen atoms in total. The molecule has 6 rings (SSSR count). The first kappa shape index (κ1) is 27.6. The molecular weight excluding hydrogens is 540 g/mol. The number of aromatic nitrogens is 4. The third kappa shape index (κ3) is 4.72. The Kier molecular flexibility index (Phi) is 7.48. The maximum absolute atomic E-state index is 12.1. The van der Waals surface area contributed by atoms with Crippen LogP contribution in [0.15, 0.2) is 96.2 Å². The first-order chi connectivity index (χ1) is 20.5. The summed E-state index contributed by atoms with van der Waals surface area (Å²) in [7, 11) is 3.21. The second kappa shape index (κ2) is 11.4. The SMILES string of the molecule is COc1ccc(C(OC[C@H]2O[C@@H](c3cnn4c(=O)[nH]cnc34)[C@H](O)[C@@H]2O)(c2ccccc2)c2ccc(OC)cc2)cc1. The standard InChI is InChI=1S/C31H30N4O7/c1-39-22-12-8-20(9-13-22)31(19-6-4-3-5-7-19,21-10-14-23(40-2)15-11-21)41-17-25-26(36)27(37)28(42-25)24-16-34-35-29(24)32-18-33-30(35)38/h3-16,18,25-28,36-37H,17H2,1-2H3,(H,32,33,38)/t25-,26-,27-,28+/m1/s1. The summed E-state index contributed by atoms with van der Waals surface area (Å²) in [6.07, 6.45) is -1.83. The summed E-state index contributed by atoms with van der Waals surface area (Å²) in [6, 6.07) is 24.9. The van der Waals surface area contributed by atoms with E-state index in [1.807, 2.05) is 78.9 Å². The fourth-order valence-electron chi connectivity index (χ4n) is 5.47. The van der Waals surface area contributed by atoms with E-state index in [1.54, 1.807) is 14.2 Å². The second-order valence-electron chi connectivity index (χ2n) is 9.93. The molecule has 216 valence electrons. The predicted octanol–water partition coefficient (Wildman–Crippen LogP) is 2.61. The summed E-state index contributed by atoms with van der Waals surface area (Å²) in [5.74, 6) is 1.38. The molecule has 1 saturated heterocycles. The van der Waals surface area contributed by atoms with Crippen molar-refractivity contribution in [1.82, 2.24) is 19.6 Å². The first-order valence-electron chi connectivity index (χ1n) is 13.4. The lowest BCUT2D eigenvalue weighted by molar-refractivity contribution is -0.0826. The number of benzene rings is 3. The molecule has 4 atom stereocenters. The minimum Gasteiger partial charge on any atom is -0.497 e. The van der Waals surface area contributed by atoms with Gasteiger partial charge in [0.25, 0.3) is 0 Å². The molecule has 0 radical (unpaired) electrons. The van der Waals surface area contributed by atoms with Crippen LogP contribution in [0.4, 0.5) is 0 Å². The molecule has 3 N–H and O–H groups in total. The van der Waals surface area contributed by atoms with Crippen molar-refractivity contribution in [2.45, 2.75) is 30.0 Å². The number of fused-ring (bicyclic) bond motifs is 1. The van der Waals surface area contributed by atoms with E-state index in [0.29, 0.717) is 17.1 Å². The van der Waals surface area contributed by atoms with Crippen LogP contribution >= 0.6 is 0 Å². The number of hydrogen-bond acceptors (Lipinski definition) is 9. The van der Waals surface area contributed by atoms with Crippen LogP contribution in [0.2, 0.25) is 0 Å². The zero-order valence-electron chi connectivity index (χ0n) is 23.0. The van der Waals surface area contributed by atoms with E-state index in [-0.39, 0.29) is 12.3 Å². The Morgan fingerprint density at radius 1 is 0.881 bits per heavy atom. The number of H-pyrrole nitrogens is 1. The number of methoxy groups -OCH3 is 2. The van der Waals surface area contributed by atoms with Gasteiger partial charge in [-0.15, -0.1) is 0 Å². The zero-order valence-corrected chi connectivity index (χ0v) is 23.0. The van der Waals surface area contributed by atoms with Crippen LogP contribution in [-0.2, 0) is 15.1 Å². The van der Waals surface area contributed by atoms with E-state index < -0.39 is 35.7 Å². The number of aliphatic hydroxyl groups is 2. The molecule has 3 heterocycles. The molecule has 0 bridgehead atoms. The summed E-state index contributed by atoms with van der Waals surface area (Å²) in [4.78, 5) is 18.8. The van der Waals surface area contributed by atoms with Gasteiger partial charge in [-0.2, -0.15) is 9.61 Å². The summed E-state index contributed by atoms with van der Waals surface area (Å²) in [5, 5.41) is 26.2. The maximum Gasteiger partial charge on any atom is 0.349 e. The highest BCUT2D eigenvalue weighted by atomic mass is 16.6. The highest BCUT2D eigenvalue weighted by Crippen LogP contribution is 2.43. The lowest BCUT2D eigenvalue weighted by Gasteiger charge is -2.37. The topological polar surface area (TPSA) is 140 Å². The van der Waals surface area contributed by atoms with Gasteiger partial charge >= 0.3 is 5.69 Å². The summed E-state index contributed by atoms with van der Waals surface area (Å²) < 4.78 is 24.9. The van der Waals surface area contributed by atoms with Crippen molar-refractivity contribution in [1.29, 1.82) is 0 Å². The van der Waals surface area contributed by atoms with Gasteiger partial charge in [-0.1, -0.05) is 54.6 Å². The molecule has 2 aromatic heterocycles. The average molecular weight is 571 g/mol. The van der Waals surface area contributed by atoms with E-state index in [4.69, 9.17) is 18.9 Å². The highest BCUT2D eigenvalue weighted by molar-refractivity contribution is 5.50. The number of hydrogen-bond donors (Lipinski definition) is 3. The van der Waals surface area contributed by atoms with E-state index >= 15 is 0 Å². The molecule has 0 unspecified atom stereocenters. The lowest BCUT2D eigenvalue weighted by atomic mass is 9.80. The van der Waals surface area contributed by atoms with Crippen molar-refractivity contribution in [3.63, 3.8) is 0 Å². The Balaban J connectivity index is 1.39. The Morgan fingerprint density at radius 2 is 1.48 bits per heavy atom. The monoisotopic (exact) mass is 570 g/mol. The van der Waals surface area contributed by atoms with Crippen LogP contribution in [0.25, 0.3) is 5.65 Å². The van der Waals surface area contributed by atoms with Crippen molar-refractivity contribution in [2.24, 2.45) is 0 Å². The van der Waals surface area contributed by atoms with Crippen LogP contribution < -0.4 is 15.2 Å². The third-order valence-electron chi connectivity index (χ3n) is 7.64. The Labute approximate surface area is 240 Å². The molecule has 5 aromatic rings. The largest absolute Gasteiger partial charge is 0.497 e. The third-order valence-corrected chi connectivity index (χ3v) is 7.64. The van der Waals surface area contributed by atoms with Crippen molar-refractivity contribution < 1.29 is 29.2 Å². The molecule has 1 fully saturated rings. The Bertz CT molecular complexity index is 1660. The molecule has 0 saturated carbocycles. The van der Waals surface area contributed by atoms with Crippen LogP contribution in [0, 0.1) is 0 Å². The minimum atomic E-state index is -1.30. The molecule has 0 aliphatic carbocycles. The molecule has 42 heavy (non-hydrogen) atoms. The molecule has 1 aliphatic rings. The minimum absolute atomic E-state index is 0.0884. The number of aromatic amines is 1. The lowest BCUT2D eigenvalue weighted by Crippen LogP contribution is -2.39. The van der Waals surface area contributed by atoms with E-state index in [9.17, 15) is 15.0 Å². The van der Waals surface area contributed by atoms with Crippen LogP contribution in [0.3, 0.4) is 0 Å². The van der Waals surface area contributed by atoms with Crippen molar-refractivity contribution >= 4 is 5.65 Å². The fraction of sp³-hybridized carbons (Fsp3) is 0.258. The van der Waals surface area contributed by atoms with Crippen molar-refractivity contribution in [2.75, 3.05) is 20.8 Å². The van der Waals surface area contributed by atoms with Gasteiger partial charge < -0.3 is 29.2 Å². The van der Waals surface area contributed by atoms with Gasteiger partial charge in [0, 0.05) is 5.56 Å². The van der Waals surface area contributed by atoms with Gasteiger partial charge in [-0.25, -0.2) is 9.78 Å². The van der Waals surface area contributed by atoms with Gasteiger partial charge in [0.15, 0.2) is 5.65 Å². The van der Waals surface area contributed by atoms with Gasteiger partial charge in [-0.05, 0) is 41.0 Å². The van der Waals surface area contributed by atoms with Gasteiger partial charge in [0.2, 0.25) is 0 Å². The fourth-order valence-corrected chi connectivity index (χ4v) is 5.47. The summed E-state index contributed by atoms with van der Waals surface area (Å²) in [5.41, 5.74) is 1.47.